The number of anilines is 1. The summed E-state index contributed by atoms with van der Waals surface area (Å²) < 4.78 is 5.49. The van der Waals surface area contributed by atoms with Crippen LogP contribution in [0.1, 0.15) is 12.0 Å². The number of carbonyl (C=O) groups is 1. The number of nitrogens with zero attached hydrogens (tertiary/aromatic N) is 2. The van der Waals surface area contributed by atoms with Gasteiger partial charge in [0.2, 0.25) is 0 Å². The molecule has 2 amide bonds. The molecule has 0 bridgehead atoms. The summed E-state index contributed by atoms with van der Waals surface area (Å²) in [4.78, 5) is 16.9. The Hall–Kier alpha value is -1.44. The highest BCUT2D eigenvalue weighted by atomic mass is 32.2. The minimum Gasteiger partial charge on any atom is -0.379 e. The first-order valence-corrected chi connectivity index (χ1v) is 10.4. The lowest BCUT2D eigenvalue weighted by Gasteiger charge is -2.43. The van der Waals surface area contributed by atoms with Gasteiger partial charge in [0.25, 0.3) is 0 Å². The van der Waals surface area contributed by atoms with E-state index >= 15 is 0 Å². The fourth-order valence-corrected chi connectivity index (χ4v) is 5.01. The maximum Gasteiger partial charge on any atom is 0.315 e. The van der Waals surface area contributed by atoms with Gasteiger partial charge in [-0.15, -0.1) is 0 Å². The third-order valence-electron chi connectivity index (χ3n) is 5.25. The first kappa shape index (κ1) is 19.3. The Morgan fingerprint density at radius 3 is 2.58 bits per heavy atom. The molecule has 7 heteroatoms. The summed E-state index contributed by atoms with van der Waals surface area (Å²) in [6, 6.07) is 8.15. The van der Waals surface area contributed by atoms with Crippen molar-refractivity contribution in [3.63, 3.8) is 0 Å². The minimum absolute atomic E-state index is 0.0825. The number of morpholine rings is 1. The highest BCUT2D eigenvalue weighted by Crippen LogP contribution is 2.33. The minimum atomic E-state index is -0.0915. The quantitative estimate of drug-likeness (QED) is 0.790. The second-order valence-corrected chi connectivity index (χ2v) is 8.33. The summed E-state index contributed by atoms with van der Waals surface area (Å²) in [5.74, 6) is 2.25. The molecule has 26 heavy (non-hydrogen) atoms. The Morgan fingerprint density at radius 2 is 1.96 bits per heavy atom. The van der Waals surface area contributed by atoms with E-state index in [0.29, 0.717) is 13.1 Å². The molecule has 0 radical (unpaired) electrons. The van der Waals surface area contributed by atoms with E-state index in [9.17, 15) is 4.79 Å². The molecule has 1 aromatic carbocycles. The smallest absolute Gasteiger partial charge is 0.315 e. The Bertz CT molecular complexity index is 582. The molecule has 0 aromatic heterocycles. The summed E-state index contributed by atoms with van der Waals surface area (Å²) in [7, 11) is 4.04. The predicted octanol–water partition coefficient (Wildman–Crippen LogP) is 1.76. The number of carbonyl (C=O) groups excluding carboxylic acids is 1. The lowest BCUT2D eigenvalue weighted by molar-refractivity contribution is -0.0124. The van der Waals surface area contributed by atoms with E-state index in [1.807, 2.05) is 25.9 Å². The van der Waals surface area contributed by atoms with Gasteiger partial charge in [0.15, 0.2) is 0 Å². The lowest BCUT2D eigenvalue weighted by Crippen LogP contribution is -2.59. The van der Waals surface area contributed by atoms with Crippen LogP contribution in [-0.4, -0.2) is 74.9 Å². The molecule has 2 aliphatic heterocycles. The van der Waals surface area contributed by atoms with E-state index in [-0.39, 0.29) is 11.6 Å². The van der Waals surface area contributed by atoms with Crippen molar-refractivity contribution in [2.24, 2.45) is 0 Å². The Kier molecular flexibility index (Phi) is 6.67. The van der Waals surface area contributed by atoms with Crippen molar-refractivity contribution in [1.82, 2.24) is 15.5 Å². The van der Waals surface area contributed by atoms with Crippen molar-refractivity contribution in [3.8, 4) is 0 Å². The van der Waals surface area contributed by atoms with Crippen LogP contribution in [0.2, 0.25) is 0 Å². The number of thioether (sulfide) groups is 1. The van der Waals surface area contributed by atoms with Crippen LogP contribution in [0.3, 0.4) is 0 Å². The van der Waals surface area contributed by atoms with Crippen LogP contribution >= 0.6 is 11.8 Å². The van der Waals surface area contributed by atoms with E-state index in [0.717, 1.165) is 49.7 Å². The zero-order chi connectivity index (χ0) is 18.4. The second kappa shape index (κ2) is 8.97. The third kappa shape index (κ3) is 4.84. The molecule has 2 N–H and O–H groups in total. The van der Waals surface area contributed by atoms with Gasteiger partial charge in [-0.2, -0.15) is 11.8 Å². The Labute approximate surface area is 160 Å². The normalized spacial score (nSPS) is 23.6. The standard InChI is InChI=1S/C19H30N4O2S/c1-22(2)17-5-3-16(4-6-17)13-20-18(24)21-14-19(7-12-26-15-19)23-8-10-25-11-9-23/h3-6H,7-15H2,1-2H3,(H2,20,21,24). The molecular weight excluding hydrogens is 348 g/mol. The number of ether oxygens (including phenoxy) is 1. The molecule has 3 rings (SSSR count). The molecule has 0 saturated carbocycles. The average molecular weight is 379 g/mol. The second-order valence-electron chi connectivity index (χ2n) is 7.22. The van der Waals surface area contributed by atoms with E-state index in [2.05, 4.69) is 44.7 Å². The van der Waals surface area contributed by atoms with Crippen LogP contribution < -0.4 is 15.5 Å². The van der Waals surface area contributed by atoms with E-state index in [1.165, 1.54) is 5.75 Å². The van der Waals surface area contributed by atoms with Crippen LogP contribution in [0.15, 0.2) is 24.3 Å². The number of rotatable bonds is 6. The van der Waals surface area contributed by atoms with Crippen LogP contribution in [-0.2, 0) is 11.3 Å². The molecule has 1 unspecified atom stereocenters. The van der Waals surface area contributed by atoms with Gasteiger partial charge in [-0.25, -0.2) is 4.79 Å². The fourth-order valence-electron chi connectivity index (χ4n) is 3.54. The largest absolute Gasteiger partial charge is 0.379 e. The highest BCUT2D eigenvalue weighted by Gasteiger charge is 2.40. The molecule has 2 saturated heterocycles. The van der Waals surface area contributed by atoms with E-state index < -0.39 is 0 Å². The van der Waals surface area contributed by atoms with Gasteiger partial charge in [-0.3, -0.25) is 4.90 Å². The average Bonchev–Trinajstić information content (AvgIpc) is 3.16. The maximum atomic E-state index is 12.3. The van der Waals surface area contributed by atoms with Crippen molar-refractivity contribution in [2.75, 3.05) is 63.3 Å². The molecule has 1 aromatic rings. The molecule has 2 aliphatic rings. The first-order valence-electron chi connectivity index (χ1n) is 9.28. The number of hydrogen-bond donors (Lipinski definition) is 2. The highest BCUT2D eigenvalue weighted by molar-refractivity contribution is 7.99. The lowest BCUT2D eigenvalue weighted by atomic mass is 9.95. The summed E-state index contributed by atoms with van der Waals surface area (Å²) in [6.07, 6.45) is 1.13. The molecular formula is C19H30N4O2S. The first-order chi connectivity index (χ1) is 12.6. The molecule has 6 nitrogen and oxygen atoms in total. The number of amides is 2. The van der Waals surface area contributed by atoms with Gasteiger partial charge >= 0.3 is 6.03 Å². The molecule has 2 fully saturated rings. The molecule has 144 valence electrons. The van der Waals surface area contributed by atoms with Gasteiger partial charge in [0.05, 0.1) is 13.2 Å². The molecule has 0 spiro atoms. The van der Waals surface area contributed by atoms with Gasteiger partial charge in [-0.1, -0.05) is 12.1 Å². The number of hydrogen-bond acceptors (Lipinski definition) is 5. The van der Waals surface area contributed by atoms with Gasteiger partial charge in [0.1, 0.15) is 0 Å². The monoisotopic (exact) mass is 378 g/mol. The summed E-state index contributed by atoms with van der Waals surface area (Å²) >= 11 is 1.98. The number of urea groups is 1. The van der Waals surface area contributed by atoms with Crippen molar-refractivity contribution < 1.29 is 9.53 Å². The zero-order valence-corrected chi connectivity index (χ0v) is 16.6. The van der Waals surface area contributed by atoms with Gasteiger partial charge < -0.3 is 20.3 Å². The van der Waals surface area contributed by atoms with E-state index in [1.54, 1.807) is 0 Å². The van der Waals surface area contributed by atoms with Crippen LogP contribution in [0.5, 0.6) is 0 Å². The molecule has 0 aliphatic carbocycles. The van der Waals surface area contributed by atoms with Gasteiger partial charge in [0, 0.05) is 57.3 Å². The summed E-state index contributed by atoms with van der Waals surface area (Å²) in [6.45, 7) is 4.75. The van der Waals surface area contributed by atoms with Crippen molar-refractivity contribution in [3.05, 3.63) is 29.8 Å². The Balaban J connectivity index is 1.47. The predicted molar refractivity (Wildman–Crippen MR) is 108 cm³/mol. The van der Waals surface area contributed by atoms with Crippen molar-refractivity contribution in [2.45, 2.75) is 18.5 Å². The topological polar surface area (TPSA) is 56.8 Å². The SMILES string of the molecule is CN(C)c1ccc(CNC(=O)NCC2(N3CCOCC3)CCSC2)cc1. The fraction of sp³-hybridized carbons (Fsp3) is 0.632. The molecule has 2 heterocycles. The maximum absolute atomic E-state index is 12.3. The summed E-state index contributed by atoms with van der Waals surface area (Å²) in [5.41, 5.74) is 2.34. The molecule has 1 atom stereocenters. The van der Waals surface area contributed by atoms with Gasteiger partial charge in [-0.05, 0) is 29.9 Å². The van der Waals surface area contributed by atoms with Crippen LogP contribution in [0, 0.1) is 0 Å². The number of benzene rings is 1. The number of nitrogens with one attached hydrogen (secondary N) is 2. The third-order valence-corrected chi connectivity index (χ3v) is 6.48. The van der Waals surface area contributed by atoms with E-state index in [4.69, 9.17) is 4.74 Å². The Morgan fingerprint density at radius 1 is 1.23 bits per heavy atom. The van der Waals surface area contributed by atoms with Crippen LogP contribution in [0.4, 0.5) is 10.5 Å². The zero-order valence-electron chi connectivity index (χ0n) is 15.8. The van der Waals surface area contributed by atoms with Crippen molar-refractivity contribution in [1.29, 1.82) is 0 Å². The van der Waals surface area contributed by atoms with Crippen LogP contribution in [0.25, 0.3) is 0 Å². The summed E-state index contributed by atoms with van der Waals surface area (Å²) in [5, 5.41) is 6.09. The van der Waals surface area contributed by atoms with Crippen molar-refractivity contribution >= 4 is 23.5 Å².